The summed E-state index contributed by atoms with van der Waals surface area (Å²) in [5.74, 6) is 0.640. The highest BCUT2D eigenvalue weighted by atomic mass is 35.5. The second-order valence-corrected chi connectivity index (χ2v) is 8.79. The first-order chi connectivity index (χ1) is 16.5. The number of nitrogens with zero attached hydrogens (tertiary/aromatic N) is 4. The Hall–Kier alpha value is -3.51. The van der Waals surface area contributed by atoms with E-state index in [4.69, 9.17) is 21.4 Å². The molecule has 0 amide bonds. The molecule has 0 spiro atoms. The molecule has 9 heteroatoms. The average Bonchev–Trinajstić information content (AvgIpc) is 3.25. The van der Waals surface area contributed by atoms with Gasteiger partial charge in [0.25, 0.3) is 0 Å². The Morgan fingerprint density at radius 2 is 2.15 bits per heavy atom. The van der Waals surface area contributed by atoms with Crippen molar-refractivity contribution in [3.05, 3.63) is 71.1 Å². The molecule has 34 heavy (non-hydrogen) atoms. The van der Waals surface area contributed by atoms with Gasteiger partial charge in [0.05, 0.1) is 28.9 Å². The maximum absolute atomic E-state index is 9.71. The quantitative estimate of drug-likeness (QED) is 0.322. The molecule has 4 aromatic rings. The third-order valence-electron chi connectivity index (χ3n) is 5.11. The van der Waals surface area contributed by atoms with E-state index in [1.165, 1.54) is 11.8 Å². The molecular formula is C25H22ClN5O2S. The molecule has 0 saturated carbocycles. The third-order valence-corrected chi connectivity index (χ3v) is 6.69. The molecule has 2 N–H and O–H groups in total. The van der Waals surface area contributed by atoms with Crippen molar-refractivity contribution in [1.82, 2.24) is 14.5 Å². The lowest BCUT2D eigenvalue weighted by atomic mass is 10.0. The number of pyridine rings is 1. The summed E-state index contributed by atoms with van der Waals surface area (Å²) < 4.78 is 7.50. The fourth-order valence-corrected chi connectivity index (χ4v) is 4.50. The Labute approximate surface area is 206 Å². The lowest BCUT2D eigenvalue weighted by Gasteiger charge is -2.15. The number of hydrogen-bond acceptors (Lipinski definition) is 7. The van der Waals surface area contributed by atoms with E-state index in [9.17, 15) is 5.26 Å². The zero-order valence-corrected chi connectivity index (χ0v) is 20.2. The number of aryl methyl sites for hydroxylation is 1. The van der Waals surface area contributed by atoms with E-state index >= 15 is 0 Å². The molecule has 2 aromatic carbocycles. The molecule has 4 rings (SSSR count). The predicted molar refractivity (Wildman–Crippen MR) is 136 cm³/mol. The van der Waals surface area contributed by atoms with Gasteiger partial charge in [-0.15, -0.1) is 0 Å². The normalized spacial score (nSPS) is 11.1. The van der Waals surface area contributed by atoms with Crippen molar-refractivity contribution < 1.29 is 9.84 Å². The molecule has 0 fully saturated rings. The van der Waals surface area contributed by atoms with Gasteiger partial charge in [-0.3, -0.25) is 4.98 Å². The first-order valence-corrected chi connectivity index (χ1v) is 11.6. The van der Waals surface area contributed by atoms with Crippen LogP contribution in [0.15, 0.2) is 65.1 Å². The van der Waals surface area contributed by atoms with Crippen molar-refractivity contribution in [1.29, 1.82) is 5.26 Å². The van der Waals surface area contributed by atoms with E-state index in [1.807, 2.05) is 60.3 Å². The maximum Gasteiger partial charge on any atom is 0.172 e. The van der Waals surface area contributed by atoms with Crippen LogP contribution in [-0.2, 0) is 7.05 Å². The summed E-state index contributed by atoms with van der Waals surface area (Å²) in [6.07, 6.45) is 9.48. The van der Waals surface area contributed by atoms with Gasteiger partial charge in [0.2, 0.25) is 0 Å². The van der Waals surface area contributed by atoms with Crippen molar-refractivity contribution in [2.75, 3.05) is 19.0 Å². The van der Waals surface area contributed by atoms with E-state index in [2.05, 4.69) is 21.4 Å². The van der Waals surface area contributed by atoms with Crippen LogP contribution in [0.2, 0.25) is 5.02 Å². The maximum atomic E-state index is 9.71. The molecule has 2 aromatic heterocycles. The monoisotopic (exact) mass is 491 g/mol. The summed E-state index contributed by atoms with van der Waals surface area (Å²) in [7, 11) is 3.52. The van der Waals surface area contributed by atoms with E-state index in [0.29, 0.717) is 34.0 Å². The largest absolute Gasteiger partial charge is 0.496 e. The number of aliphatic hydroxyl groups is 1. The van der Waals surface area contributed by atoms with E-state index < -0.39 is 0 Å². The van der Waals surface area contributed by atoms with Crippen molar-refractivity contribution in [2.45, 2.75) is 16.5 Å². The number of nitrogens with one attached hydrogen (secondary N) is 1. The van der Waals surface area contributed by atoms with Crippen molar-refractivity contribution in [3.8, 4) is 11.8 Å². The molecule has 0 saturated heterocycles. The zero-order chi connectivity index (χ0) is 24.1. The minimum absolute atomic E-state index is 0.0752. The van der Waals surface area contributed by atoms with Gasteiger partial charge in [-0.25, -0.2) is 4.98 Å². The molecular weight excluding hydrogens is 470 g/mol. The predicted octanol–water partition coefficient (Wildman–Crippen LogP) is 5.79. The first kappa shape index (κ1) is 23.6. The van der Waals surface area contributed by atoms with Gasteiger partial charge >= 0.3 is 0 Å². The van der Waals surface area contributed by atoms with E-state index in [-0.39, 0.29) is 6.61 Å². The number of rotatable bonds is 8. The topological polar surface area (TPSA) is 96.0 Å². The van der Waals surface area contributed by atoms with Crippen LogP contribution >= 0.6 is 23.4 Å². The van der Waals surface area contributed by atoms with E-state index in [0.717, 1.165) is 26.7 Å². The fourth-order valence-electron chi connectivity index (χ4n) is 3.40. The lowest BCUT2D eigenvalue weighted by Crippen LogP contribution is -1.98. The van der Waals surface area contributed by atoms with Crippen LogP contribution in [0.1, 0.15) is 17.5 Å². The highest BCUT2D eigenvalue weighted by molar-refractivity contribution is 7.99. The minimum atomic E-state index is 0.0752. The Morgan fingerprint density at radius 1 is 1.29 bits per heavy atom. The lowest BCUT2D eigenvalue weighted by molar-refractivity contribution is 0.303. The Morgan fingerprint density at radius 3 is 2.82 bits per heavy atom. The summed E-state index contributed by atoms with van der Waals surface area (Å²) in [6.45, 7) is 0.0752. The van der Waals surface area contributed by atoms with Gasteiger partial charge in [-0.1, -0.05) is 35.5 Å². The van der Waals surface area contributed by atoms with E-state index in [1.54, 1.807) is 19.5 Å². The number of methoxy groups -OCH3 is 1. The molecule has 0 atom stereocenters. The summed E-state index contributed by atoms with van der Waals surface area (Å²) in [5.41, 5.74) is 3.31. The summed E-state index contributed by atoms with van der Waals surface area (Å²) in [5, 5.41) is 24.3. The van der Waals surface area contributed by atoms with Gasteiger partial charge in [0.1, 0.15) is 11.8 Å². The number of halogens is 1. The highest BCUT2D eigenvalue weighted by Crippen LogP contribution is 2.37. The second kappa shape index (κ2) is 10.6. The van der Waals surface area contributed by atoms with Crippen LogP contribution in [0.5, 0.6) is 5.75 Å². The Kier molecular flexibility index (Phi) is 7.38. The van der Waals surface area contributed by atoms with Crippen LogP contribution in [0.4, 0.5) is 11.4 Å². The number of benzene rings is 2. The van der Waals surface area contributed by atoms with Crippen LogP contribution in [0.25, 0.3) is 17.0 Å². The highest BCUT2D eigenvalue weighted by Gasteiger charge is 2.14. The van der Waals surface area contributed by atoms with Crippen LogP contribution in [-0.4, -0.2) is 33.4 Å². The molecule has 172 valence electrons. The molecule has 0 bridgehead atoms. The van der Waals surface area contributed by atoms with Crippen LogP contribution in [0, 0.1) is 11.3 Å². The van der Waals surface area contributed by atoms with Crippen molar-refractivity contribution in [3.63, 3.8) is 0 Å². The molecule has 0 radical (unpaired) electrons. The van der Waals surface area contributed by atoms with Gasteiger partial charge < -0.3 is 19.7 Å². The van der Waals surface area contributed by atoms with Crippen LogP contribution < -0.4 is 10.1 Å². The SMILES string of the molecule is COc1cc2c(Nc3ccc(Sc4nccn4C)c(Cl)c3)c(C#N)cnc2cc1/C=C/CCO. The minimum Gasteiger partial charge on any atom is -0.496 e. The first-order valence-electron chi connectivity index (χ1n) is 10.4. The van der Waals surface area contributed by atoms with Gasteiger partial charge in [-0.05, 0) is 36.8 Å². The number of imidazole rings is 1. The fraction of sp³-hybridized carbons (Fsp3) is 0.160. The molecule has 0 aliphatic carbocycles. The second-order valence-electron chi connectivity index (χ2n) is 7.38. The molecule has 0 aliphatic heterocycles. The average molecular weight is 492 g/mol. The van der Waals surface area contributed by atoms with Gasteiger partial charge in [0.15, 0.2) is 5.16 Å². The molecule has 2 heterocycles. The standard InChI is InChI=1S/C25H22ClN5O2S/c1-31-9-8-28-25(31)34-23-7-6-18(12-20(23)26)30-24-17(14-27)15-29-21-11-16(5-3-4-10-32)22(33-2)13-19(21)24/h3,5-9,11-13,15,32H,4,10H2,1-2H3,(H,29,30)/b5-3+. The Bertz CT molecular complexity index is 1410. The molecule has 0 unspecified atom stereocenters. The number of aliphatic hydroxyl groups excluding tert-OH is 1. The molecule has 7 nitrogen and oxygen atoms in total. The number of ether oxygens (including phenoxy) is 1. The Balaban J connectivity index is 1.71. The number of aromatic nitrogens is 3. The summed E-state index contributed by atoms with van der Waals surface area (Å²) in [4.78, 5) is 9.66. The molecule has 0 aliphatic rings. The number of fused-ring (bicyclic) bond motifs is 1. The number of nitriles is 1. The van der Waals surface area contributed by atoms with Gasteiger partial charge in [0, 0.05) is 53.8 Å². The smallest absolute Gasteiger partial charge is 0.172 e. The number of hydrogen-bond donors (Lipinski definition) is 2. The van der Waals surface area contributed by atoms with Gasteiger partial charge in [-0.2, -0.15) is 5.26 Å². The third kappa shape index (κ3) is 5.02. The zero-order valence-electron chi connectivity index (χ0n) is 18.6. The van der Waals surface area contributed by atoms with Crippen LogP contribution in [0.3, 0.4) is 0 Å². The summed E-state index contributed by atoms with van der Waals surface area (Å²) >= 11 is 8.04. The van der Waals surface area contributed by atoms with Crippen molar-refractivity contribution >= 4 is 51.7 Å². The summed E-state index contributed by atoms with van der Waals surface area (Å²) in [6, 6.07) is 11.6. The van der Waals surface area contributed by atoms with Crippen molar-refractivity contribution in [2.24, 2.45) is 7.05 Å². The number of anilines is 2.